The van der Waals surface area contributed by atoms with E-state index in [9.17, 15) is 4.79 Å². The van der Waals surface area contributed by atoms with Gasteiger partial charge in [-0.15, -0.1) is 0 Å². The zero-order chi connectivity index (χ0) is 17.8. The van der Waals surface area contributed by atoms with Gasteiger partial charge in [-0.1, -0.05) is 42.5 Å². The Hall–Kier alpha value is -3.01. The van der Waals surface area contributed by atoms with Crippen molar-refractivity contribution in [3.05, 3.63) is 66.2 Å². The van der Waals surface area contributed by atoms with Gasteiger partial charge in [-0.05, 0) is 43.0 Å². The number of hydrogen-bond donors (Lipinski definition) is 2. The van der Waals surface area contributed by atoms with E-state index in [1.54, 1.807) is 7.11 Å². The number of hydrogen-bond acceptors (Lipinski definition) is 3. The number of fused-ring (bicyclic) bond motifs is 1. The lowest BCUT2D eigenvalue weighted by atomic mass is 10.1. The van der Waals surface area contributed by atoms with Gasteiger partial charge in [-0.25, -0.2) is 0 Å². The molecule has 0 unspecified atom stereocenters. The number of carbonyl (C=O) groups is 1. The van der Waals surface area contributed by atoms with Crippen LogP contribution >= 0.6 is 0 Å². The van der Waals surface area contributed by atoms with Crippen molar-refractivity contribution < 1.29 is 9.53 Å². The fourth-order valence-corrected chi connectivity index (χ4v) is 2.81. The summed E-state index contributed by atoms with van der Waals surface area (Å²) in [6, 6.07) is 19.3. The highest BCUT2D eigenvalue weighted by molar-refractivity contribution is 6.04. The van der Waals surface area contributed by atoms with E-state index >= 15 is 0 Å². The third-order valence-corrected chi connectivity index (χ3v) is 4.17. The maximum atomic E-state index is 12.6. The van der Waals surface area contributed by atoms with E-state index in [1.165, 1.54) is 0 Å². The molecule has 0 aliphatic rings. The average molecular weight is 334 g/mol. The first-order chi connectivity index (χ1) is 12.1. The third kappa shape index (κ3) is 3.74. The summed E-state index contributed by atoms with van der Waals surface area (Å²) in [6.45, 7) is 3.84. The fraction of sp³-hybridized carbons (Fsp3) is 0.190. The molecular weight excluding hydrogens is 312 g/mol. The predicted octanol–water partition coefficient (Wildman–Crippen LogP) is 4.60. The van der Waals surface area contributed by atoms with Crippen LogP contribution < -0.4 is 15.4 Å². The zero-order valence-corrected chi connectivity index (χ0v) is 14.7. The van der Waals surface area contributed by atoms with Crippen molar-refractivity contribution in [1.82, 2.24) is 0 Å². The molecule has 0 spiro atoms. The molecule has 0 radical (unpaired) electrons. The van der Waals surface area contributed by atoms with Gasteiger partial charge in [0, 0.05) is 11.1 Å². The third-order valence-electron chi connectivity index (χ3n) is 4.17. The normalized spacial score (nSPS) is 11.8. The number of anilines is 2. The first-order valence-corrected chi connectivity index (χ1v) is 8.28. The van der Waals surface area contributed by atoms with Crippen molar-refractivity contribution in [3.8, 4) is 5.75 Å². The van der Waals surface area contributed by atoms with Gasteiger partial charge in [-0.3, -0.25) is 4.79 Å². The minimum absolute atomic E-state index is 0.0973. The molecule has 0 fully saturated rings. The Labute approximate surface area is 147 Å². The van der Waals surface area contributed by atoms with Crippen LogP contribution in [0, 0.1) is 6.92 Å². The molecule has 25 heavy (non-hydrogen) atoms. The van der Waals surface area contributed by atoms with E-state index < -0.39 is 6.04 Å². The Balaban J connectivity index is 1.78. The Morgan fingerprint density at radius 2 is 1.76 bits per heavy atom. The van der Waals surface area contributed by atoms with Gasteiger partial charge in [-0.2, -0.15) is 0 Å². The van der Waals surface area contributed by atoms with Crippen LogP contribution in [0.25, 0.3) is 10.8 Å². The molecule has 3 aromatic rings. The van der Waals surface area contributed by atoms with Crippen molar-refractivity contribution >= 4 is 28.1 Å². The highest BCUT2D eigenvalue weighted by Gasteiger charge is 2.16. The van der Waals surface area contributed by atoms with E-state index in [1.807, 2.05) is 74.5 Å². The van der Waals surface area contributed by atoms with E-state index in [0.29, 0.717) is 0 Å². The van der Waals surface area contributed by atoms with Crippen LogP contribution in [0.15, 0.2) is 60.7 Å². The lowest BCUT2D eigenvalue weighted by Gasteiger charge is -2.18. The van der Waals surface area contributed by atoms with Gasteiger partial charge in [0.15, 0.2) is 0 Å². The molecule has 4 nitrogen and oxygen atoms in total. The van der Waals surface area contributed by atoms with Crippen LogP contribution in [0.3, 0.4) is 0 Å². The first kappa shape index (κ1) is 16.8. The van der Waals surface area contributed by atoms with E-state index in [0.717, 1.165) is 33.5 Å². The number of amides is 1. The molecule has 2 N–H and O–H groups in total. The number of benzene rings is 3. The summed E-state index contributed by atoms with van der Waals surface area (Å²) in [6.07, 6.45) is 0. The predicted molar refractivity (Wildman–Crippen MR) is 103 cm³/mol. The number of ether oxygens (including phenoxy) is 1. The Kier molecular flexibility index (Phi) is 4.89. The number of aryl methyl sites for hydroxylation is 1. The molecule has 0 heterocycles. The van der Waals surface area contributed by atoms with Gasteiger partial charge < -0.3 is 15.4 Å². The van der Waals surface area contributed by atoms with Crippen molar-refractivity contribution in [2.24, 2.45) is 0 Å². The van der Waals surface area contributed by atoms with Crippen LogP contribution in [-0.4, -0.2) is 19.1 Å². The number of carbonyl (C=O) groups excluding carboxylic acids is 1. The minimum Gasteiger partial charge on any atom is -0.495 e. The standard InChI is InChI=1S/C21H22N2O2/c1-14-11-12-20(25-3)19(13-14)22-15(2)21(24)23-18-10-6-8-16-7-4-5-9-17(16)18/h4-13,15,22H,1-3H3,(H,23,24)/t15-/m1/s1. The second-order valence-corrected chi connectivity index (χ2v) is 6.09. The molecule has 0 saturated carbocycles. The molecule has 0 aliphatic carbocycles. The second-order valence-electron chi connectivity index (χ2n) is 6.09. The maximum absolute atomic E-state index is 12.6. The monoisotopic (exact) mass is 334 g/mol. The summed E-state index contributed by atoms with van der Waals surface area (Å²) in [7, 11) is 1.62. The Bertz CT molecular complexity index is 900. The molecule has 0 aliphatic heterocycles. The topological polar surface area (TPSA) is 50.4 Å². The number of methoxy groups -OCH3 is 1. The van der Waals surface area contributed by atoms with E-state index in [-0.39, 0.29) is 5.91 Å². The lowest BCUT2D eigenvalue weighted by Crippen LogP contribution is -2.32. The summed E-state index contributed by atoms with van der Waals surface area (Å²) < 4.78 is 5.36. The summed E-state index contributed by atoms with van der Waals surface area (Å²) in [5.74, 6) is 0.621. The van der Waals surface area contributed by atoms with Crippen molar-refractivity contribution in [3.63, 3.8) is 0 Å². The Morgan fingerprint density at radius 1 is 1.00 bits per heavy atom. The summed E-state index contributed by atoms with van der Waals surface area (Å²) in [4.78, 5) is 12.6. The molecule has 0 bridgehead atoms. The van der Waals surface area contributed by atoms with E-state index in [4.69, 9.17) is 4.74 Å². The minimum atomic E-state index is -0.408. The molecule has 1 amide bonds. The number of nitrogens with one attached hydrogen (secondary N) is 2. The summed E-state index contributed by atoms with van der Waals surface area (Å²) in [5, 5.41) is 8.37. The molecule has 3 aromatic carbocycles. The molecule has 0 aromatic heterocycles. The molecular formula is C21H22N2O2. The summed E-state index contributed by atoms with van der Waals surface area (Å²) in [5.41, 5.74) is 2.72. The molecule has 0 saturated heterocycles. The fourth-order valence-electron chi connectivity index (χ4n) is 2.81. The highest BCUT2D eigenvalue weighted by Crippen LogP contribution is 2.27. The zero-order valence-electron chi connectivity index (χ0n) is 14.7. The molecule has 3 rings (SSSR count). The smallest absolute Gasteiger partial charge is 0.246 e. The Morgan fingerprint density at radius 3 is 2.56 bits per heavy atom. The van der Waals surface area contributed by atoms with Crippen LogP contribution in [-0.2, 0) is 4.79 Å². The largest absolute Gasteiger partial charge is 0.495 e. The van der Waals surface area contributed by atoms with E-state index in [2.05, 4.69) is 10.6 Å². The van der Waals surface area contributed by atoms with Crippen molar-refractivity contribution in [1.29, 1.82) is 0 Å². The van der Waals surface area contributed by atoms with Gasteiger partial charge >= 0.3 is 0 Å². The van der Waals surface area contributed by atoms with Crippen molar-refractivity contribution in [2.75, 3.05) is 17.7 Å². The first-order valence-electron chi connectivity index (χ1n) is 8.28. The van der Waals surface area contributed by atoms with Gasteiger partial charge in [0.25, 0.3) is 0 Å². The van der Waals surface area contributed by atoms with Crippen LogP contribution in [0.4, 0.5) is 11.4 Å². The van der Waals surface area contributed by atoms with Crippen molar-refractivity contribution in [2.45, 2.75) is 19.9 Å². The van der Waals surface area contributed by atoms with Gasteiger partial charge in [0.2, 0.25) is 5.91 Å². The maximum Gasteiger partial charge on any atom is 0.246 e. The quantitative estimate of drug-likeness (QED) is 0.717. The molecule has 4 heteroatoms. The van der Waals surface area contributed by atoms with Crippen LogP contribution in [0.5, 0.6) is 5.75 Å². The average Bonchev–Trinajstić information content (AvgIpc) is 2.62. The molecule has 1 atom stereocenters. The lowest BCUT2D eigenvalue weighted by molar-refractivity contribution is -0.116. The second kappa shape index (κ2) is 7.26. The highest BCUT2D eigenvalue weighted by atomic mass is 16.5. The summed E-state index contributed by atoms with van der Waals surface area (Å²) >= 11 is 0. The molecule has 128 valence electrons. The SMILES string of the molecule is COc1ccc(C)cc1N[C@H](C)C(=O)Nc1cccc2ccccc12. The van der Waals surface area contributed by atoms with Gasteiger partial charge in [0.05, 0.1) is 12.8 Å². The van der Waals surface area contributed by atoms with Crippen LogP contribution in [0.1, 0.15) is 12.5 Å². The number of rotatable bonds is 5. The van der Waals surface area contributed by atoms with Gasteiger partial charge in [0.1, 0.15) is 11.8 Å². The van der Waals surface area contributed by atoms with Crippen LogP contribution in [0.2, 0.25) is 0 Å².